The third kappa shape index (κ3) is 4.42. The largest absolute Gasteiger partial charge is 0.456 e. The molecule has 0 spiro atoms. The van der Waals surface area contributed by atoms with E-state index in [1.165, 1.54) is 87.2 Å². The molecule has 1 nitrogen and oxygen atoms in total. The first-order valence-electron chi connectivity index (χ1n) is 17.6. The predicted molar refractivity (Wildman–Crippen MR) is 218 cm³/mol. The Morgan fingerprint density at radius 3 is 1.25 bits per heavy atom. The van der Waals surface area contributed by atoms with Gasteiger partial charge < -0.3 is 4.42 Å². The summed E-state index contributed by atoms with van der Waals surface area (Å²) in [7, 11) is 0. The van der Waals surface area contributed by atoms with E-state index in [1.54, 1.807) is 0 Å². The lowest BCUT2D eigenvalue weighted by Gasteiger charge is -2.12. The molecule has 0 saturated heterocycles. The molecule has 1 aromatic heterocycles. The van der Waals surface area contributed by atoms with E-state index in [0.717, 1.165) is 21.9 Å². The highest BCUT2D eigenvalue weighted by Crippen LogP contribution is 2.40. The summed E-state index contributed by atoms with van der Waals surface area (Å²) < 4.78 is 6.39. The Balaban J connectivity index is 1.04. The summed E-state index contributed by atoms with van der Waals surface area (Å²) >= 11 is 0. The molecule has 0 aliphatic carbocycles. The van der Waals surface area contributed by atoms with Crippen molar-refractivity contribution in [1.29, 1.82) is 0 Å². The fourth-order valence-electron chi connectivity index (χ4n) is 8.30. The quantitative estimate of drug-likeness (QED) is 0.174. The number of hydrogen-bond donors (Lipinski definition) is 0. The van der Waals surface area contributed by atoms with Crippen LogP contribution in [0.3, 0.4) is 0 Å². The van der Waals surface area contributed by atoms with Gasteiger partial charge in [0.1, 0.15) is 11.2 Å². The summed E-state index contributed by atoms with van der Waals surface area (Å²) in [6.07, 6.45) is 0. The van der Waals surface area contributed by atoms with Crippen molar-refractivity contribution in [2.45, 2.75) is 0 Å². The van der Waals surface area contributed by atoms with Crippen LogP contribution >= 0.6 is 0 Å². The molecule has 0 aliphatic heterocycles. The molecule has 0 radical (unpaired) electrons. The van der Waals surface area contributed by atoms with Crippen LogP contribution < -0.4 is 0 Å². The molecule has 236 valence electrons. The molecule has 0 fully saturated rings. The number of furan rings is 1. The van der Waals surface area contributed by atoms with Gasteiger partial charge in [0.2, 0.25) is 0 Å². The van der Waals surface area contributed by atoms with Gasteiger partial charge >= 0.3 is 0 Å². The maximum atomic E-state index is 6.39. The fourth-order valence-corrected chi connectivity index (χ4v) is 8.30. The first kappa shape index (κ1) is 28.2. The number of rotatable bonds is 3. The summed E-state index contributed by atoms with van der Waals surface area (Å²) in [6.45, 7) is 0. The molecule has 51 heavy (non-hydrogen) atoms. The number of benzene rings is 10. The summed E-state index contributed by atoms with van der Waals surface area (Å²) in [5.41, 5.74) is 9.09. The van der Waals surface area contributed by atoms with Gasteiger partial charge in [-0.15, -0.1) is 0 Å². The Hall–Kier alpha value is -6.70. The van der Waals surface area contributed by atoms with Gasteiger partial charge in [-0.1, -0.05) is 133 Å². The van der Waals surface area contributed by atoms with Gasteiger partial charge in [-0.3, -0.25) is 0 Å². The Labute approximate surface area is 294 Å². The first-order valence-corrected chi connectivity index (χ1v) is 17.6. The molecular weight excluding hydrogens is 617 g/mol. The van der Waals surface area contributed by atoms with E-state index < -0.39 is 0 Å². The Morgan fingerprint density at radius 2 is 0.647 bits per heavy atom. The Kier molecular flexibility index (Phi) is 6.02. The van der Waals surface area contributed by atoms with Gasteiger partial charge in [0, 0.05) is 10.8 Å². The minimum absolute atomic E-state index is 0.903. The standard InChI is InChI=1S/C50H30O/c1-3-11-39-34(9-1)28-45(43-15-7-5-13-41(39)43)36-20-18-31-17-19-32(25-38(31)26-36)33-21-23-49-47(27-33)48-30-37(22-24-50(48)51-49)46-29-35-10-2-4-12-40(35)42-14-6-8-16-44(42)46/h1-30H. The lowest BCUT2D eigenvalue weighted by Crippen LogP contribution is -1.86. The monoisotopic (exact) mass is 646 g/mol. The number of hydrogen-bond acceptors (Lipinski definition) is 1. The van der Waals surface area contributed by atoms with Crippen molar-refractivity contribution >= 4 is 75.8 Å². The maximum Gasteiger partial charge on any atom is 0.135 e. The zero-order valence-electron chi connectivity index (χ0n) is 27.7. The Bertz CT molecular complexity index is 3200. The zero-order valence-corrected chi connectivity index (χ0v) is 27.7. The topological polar surface area (TPSA) is 13.1 Å². The molecule has 1 heteroatoms. The van der Waals surface area contributed by atoms with Crippen molar-refractivity contribution in [3.05, 3.63) is 182 Å². The van der Waals surface area contributed by atoms with Crippen LogP contribution in [0.1, 0.15) is 0 Å². The molecule has 0 amide bonds. The molecule has 1 heterocycles. The van der Waals surface area contributed by atoms with Crippen LogP contribution in [0.2, 0.25) is 0 Å². The van der Waals surface area contributed by atoms with Gasteiger partial charge in [0.15, 0.2) is 0 Å². The molecule has 0 atom stereocenters. The summed E-state index contributed by atoms with van der Waals surface area (Å²) in [4.78, 5) is 0. The predicted octanol–water partition coefficient (Wildman–Crippen LogP) is 14.4. The summed E-state index contributed by atoms with van der Waals surface area (Å²) in [6, 6.07) is 66.4. The second-order valence-corrected chi connectivity index (χ2v) is 13.7. The SMILES string of the molecule is c1ccc2c(c1)cc(-c1ccc3ccc(-c4ccc5oc6ccc(-c7cc8ccccc8c8ccccc78)cc6c5c4)cc3c1)c1ccccc12. The zero-order chi connectivity index (χ0) is 33.5. The average molecular weight is 647 g/mol. The lowest BCUT2D eigenvalue weighted by atomic mass is 9.91. The van der Waals surface area contributed by atoms with Crippen molar-refractivity contribution in [1.82, 2.24) is 0 Å². The molecule has 0 saturated carbocycles. The van der Waals surface area contributed by atoms with Gasteiger partial charge in [0.05, 0.1) is 0 Å². The van der Waals surface area contributed by atoms with E-state index in [-0.39, 0.29) is 0 Å². The van der Waals surface area contributed by atoms with Crippen molar-refractivity contribution in [2.75, 3.05) is 0 Å². The highest BCUT2D eigenvalue weighted by atomic mass is 16.3. The lowest BCUT2D eigenvalue weighted by molar-refractivity contribution is 0.669. The maximum absolute atomic E-state index is 6.39. The molecule has 10 aromatic carbocycles. The smallest absolute Gasteiger partial charge is 0.135 e. The molecular formula is C50H30O. The highest BCUT2D eigenvalue weighted by molar-refractivity contribution is 6.16. The number of fused-ring (bicyclic) bond motifs is 10. The van der Waals surface area contributed by atoms with Crippen molar-refractivity contribution < 1.29 is 4.42 Å². The van der Waals surface area contributed by atoms with Crippen molar-refractivity contribution in [3.8, 4) is 33.4 Å². The van der Waals surface area contributed by atoms with E-state index in [0.29, 0.717) is 0 Å². The normalized spacial score (nSPS) is 11.9. The van der Waals surface area contributed by atoms with Crippen LogP contribution in [0, 0.1) is 0 Å². The molecule has 11 aromatic rings. The van der Waals surface area contributed by atoms with Gasteiger partial charge in [-0.2, -0.15) is 0 Å². The highest BCUT2D eigenvalue weighted by Gasteiger charge is 2.14. The van der Waals surface area contributed by atoms with Crippen LogP contribution in [0.4, 0.5) is 0 Å². The molecule has 0 aliphatic rings. The van der Waals surface area contributed by atoms with Crippen molar-refractivity contribution in [2.24, 2.45) is 0 Å². The van der Waals surface area contributed by atoms with E-state index in [2.05, 4.69) is 182 Å². The van der Waals surface area contributed by atoms with Gasteiger partial charge in [0.25, 0.3) is 0 Å². The minimum atomic E-state index is 0.903. The van der Waals surface area contributed by atoms with Crippen LogP contribution in [0.25, 0.3) is 109 Å². The van der Waals surface area contributed by atoms with E-state index in [9.17, 15) is 0 Å². The van der Waals surface area contributed by atoms with Crippen LogP contribution in [0.15, 0.2) is 186 Å². The molecule has 0 bridgehead atoms. The second-order valence-electron chi connectivity index (χ2n) is 13.7. The Morgan fingerprint density at radius 1 is 0.235 bits per heavy atom. The van der Waals surface area contributed by atoms with E-state index >= 15 is 0 Å². The fraction of sp³-hybridized carbons (Fsp3) is 0. The third-order valence-electron chi connectivity index (χ3n) is 10.8. The van der Waals surface area contributed by atoms with Crippen LogP contribution in [0.5, 0.6) is 0 Å². The molecule has 11 rings (SSSR count). The van der Waals surface area contributed by atoms with Gasteiger partial charge in [-0.05, 0) is 136 Å². The van der Waals surface area contributed by atoms with Gasteiger partial charge in [-0.25, -0.2) is 0 Å². The van der Waals surface area contributed by atoms with Crippen molar-refractivity contribution in [3.63, 3.8) is 0 Å². The summed E-state index contributed by atoms with van der Waals surface area (Å²) in [5.74, 6) is 0. The third-order valence-corrected chi connectivity index (χ3v) is 10.8. The molecule has 0 N–H and O–H groups in total. The van der Waals surface area contributed by atoms with E-state index in [4.69, 9.17) is 4.42 Å². The average Bonchev–Trinajstić information content (AvgIpc) is 3.57. The van der Waals surface area contributed by atoms with Crippen LogP contribution in [-0.2, 0) is 0 Å². The van der Waals surface area contributed by atoms with E-state index in [1.807, 2.05) is 0 Å². The van der Waals surface area contributed by atoms with Crippen LogP contribution in [-0.4, -0.2) is 0 Å². The first-order chi connectivity index (χ1) is 25.2. The summed E-state index contributed by atoms with van der Waals surface area (Å²) in [5, 5.41) is 14.9. The molecule has 0 unspecified atom stereocenters. The minimum Gasteiger partial charge on any atom is -0.456 e. The second kappa shape index (κ2) is 10.9.